The number of benzene rings is 2. The van der Waals surface area contributed by atoms with E-state index < -0.39 is 5.82 Å². The lowest BCUT2D eigenvalue weighted by Crippen LogP contribution is -3.17. The van der Waals surface area contributed by atoms with Crippen molar-refractivity contribution < 1.29 is 18.9 Å². The van der Waals surface area contributed by atoms with E-state index in [1.165, 1.54) is 29.3 Å². The van der Waals surface area contributed by atoms with Crippen LogP contribution in [-0.2, 0) is 9.59 Å². The molecule has 2 aromatic carbocycles. The molecule has 26 heavy (non-hydrogen) atoms. The summed E-state index contributed by atoms with van der Waals surface area (Å²) < 4.78 is 13.5. The van der Waals surface area contributed by atoms with Gasteiger partial charge < -0.3 is 4.90 Å². The second-order valence-corrected chi connectivity index (χ2v) is 6.76. The van der Waals surface area contributed by atoms with Crippen molar-refractivity contribution in [2.24, 2.45) is 0 Å². The maximum atomic E-state index is 13.5. The summed E-state index contributed by atoms with van der Waals surface area (Å²) in [6.45, 7) is 1.52. The molecule has 0 radical (unpaired) electrons. The third-order valence-electron chi connectivity index (χ3n) is 5.18. The molecule has 2 aliphatic rings. The minimum atomic E-state index is -0.452. The number of hydrogen-bond donors (Lipinski definition) is 1. The number of nitrogens with zero attached hydrogens (tertiary/aromatic N) is 1. The van der Waals surface area contributed by atoms with Crippen molar-refractivity contribution in [3.05, 3.63) is 72.1 Å². The van der Waals surface area contributed by atoms with E-state index in [-0.39, 0.29) is 24.3 Å². The molecular weight excluding hydrogens is 331 g/mol. The van der Waals surface area contributed by atoms with Gasteiger partial charge in [0, 0.05) is 6.42 Å². The minimum Gasteiger partial charge on any atom is -0.321 e. The summed E-state index contributed by atoms with van der Waals surface area (Å²) in [5.41, 5.74) is 2.81. The Bertz CT molecular complexity index is 879. The van der Waals surface area contributed by atoms with Crippen LogP contribution in [0.1, 0.15) is 18.4 Å². The van der Waals surface area contributed by atoms with Gasteiger partial charge in [-0.2, -0.15) is 0 Å². The molecule has 1 saturated heterocycles. The molecule has 2 amide bonds. The van der Waals surface area contributed by atoms with Crippen LogP contribution >= 0.6 is 0 Å². The van der Waals surface area contributed by atoms with Gasteiger partial charge in [-0.25, -0.2) is 9.29 Å². The van der Waals surface area contributed by atoms with Crippen molar-refractivity contribution in [1.82, 2.24) is 0 Å². The zero-order valence-corrected chi connectivity index (χ0v) is 14.3. The Morgan fingerprint density at radius 2 is 1.85 bits per heavy atom. The maximum absolute atomic E-state index is 13.5. The normalized spacial score (nSPS) is 23.3. The quantitative estimate of drug-likeness (QED) is 0.858. The van der Waals surface area contributed by atoms with E-state index in [1.54, 1.807) is 6.07 Å². The standard InChI is InChI=1S/C21H19FN2O2/c22-17-7-4-8-18(13-17)24-20(25)14-19(21(24)26)23-11-9-16(10-12-23)15-5-2-1-3-6-15/h1-9,13,19H,10-12,14H2/p+1/t19-/m1/s1. The molecule has 0 spiro atoms. The monoisotopic (exact) mass is 351 g/mol. The number of hydrogen-bond acceptors (Lipinski definition) is 2. The predicted octanol–water partition coefficient (Wildman–Crippen LogP) is 1.83. The number of nitrogens with one attached hydrogen (secondary N) is 1. The molecule has 0 bridgehead atoms. The molecule has 4 nitrogen and oxygen atoms in total. The molecule has 2 aliphatic heterocycles. The number of anilines is 1. The molecule has 5 heteroatoms. The summed E-state index contributed by atoms with van der Waals surface area (Å²) in [7, 11) is 0. The third-order valence-corrected chi connectivity index (χ3v) is 5.18. The molecule has 0 aromatic heterocycles. The molecule has 4 rings (SSSR count). The van der Waals surface area contributed by atoms with Gasteiger partial charge in [0.15, 0.2) is 6.04 Å². The van der Waals surface area contributed by atoms with Crippen molar-refractivity contribution in [2.45, 2.75) is 18.9 Å². The van der Waals surface area contributed by atoms with Gasteiger partial charge in [0.05, 0.1) is 25.2 Å². The lowest BCUT2D eigenvalue weighted by atomic mass is 9.98. The van der Waals surface area contributed by atoms with Crippen molar-refractivity contribution >= 4 is 23.1 Å². The first kappa shape index (κ1) is 16.7. The Balaban J connectivity index is 1.50. The largest absolute Gasteiger partial charge is 0.321 e. The summed E-state index contributed by atoms with van der Waals surface area (Å²) in [6, 6.07) is 15.5. The van der Waals surface area contributed by atoms with E-state index in [4.69, 9.17) is 0 Å². The Kier molecular flexibility index (Phi) is 4.39. The summed E-state index contributed by atoms with van der Waals surface area (Å²) in [4.78, 5) is 27.4. The van der Waals surface area contributed by atoms with Crippen LogP contribution < -0.4 is 9.80 Å². The molecular formula is C21H20FN2O2+. The SMILES string of the molecule is O=C1C[C@@H]([NH+]2CC=C(c3ccccc3)CC2)C(=O)N1c1cccc(F)c1. The summed E-state index contributed by atoms with van der Waals surface area (Å²) in [5, 5.41) is 0. The van der Waals surface area contributed by atoms with E-state index in [2.05, 4.69) is 18.2 Å². The summed E-state index contributed by atoms with van der Waals surface area (Å²) >= 11 is 0. The van der Waals surface area contributed by atoms with Crippen molar-refractivity contribution in [2.75, 3.05) is 18.0 Å². The first-order chi connectivity index (χ1) is 12.6. The highest BCUT2D eigenvalue weighted by molar-refractivity contribution is 6.21. The highest BCUT2D eigenvalue weighted by Gasteiger charge is 2.45. The van der Waals surface area contributed by atoms with E-state index in [0.29, 0.717) is 12.2 Å². The van der Waals surface area contributed by atoms with Crippen molar-refractivity contribution in [1.29, 1.82) is 0 Å². The lowest BCUT2D eigenvalue weighted by Gasteiger charge is -2.27. The Hall–Kier alpha value is -2.79. The maximum Gasteiger partial charge on any atom is 0.292 e. The van der Waals surface area contributed by atoms with E-state index in [9.17, 15) is 14.0 Å². The average Bonchev–Trinajstić information content (AvgIpc) is 2.97. The zero-order valence-electron chi connectivity index (χ0n) is 14.3. The fourth-order valence-corrected chi connectivity index (χ4v) is 3.82. The fraction of sp³-hybridized carbons (Fsp3) is 0.238. The summed E-state index contributed by atoms with van der Waals surface area (Å²) in [6.07, 6.45) is 3.22. The molecule has 2 heterocycles. The topological polar surface area (TPSA) is 41.8 Å². The van der Waals surface area contributed by atoms with Gasteiger partial charge in [0.2, 0.25) is 5.91 Å². The van der Waals surface area contributed by atoms with E-state index in [0.717, 1.165) is 22.8 Å². The predicted molar refractivity (Wildman–Crippen MR) is 97.0 cm³/mol. The fourth-order valence-electron chi connectivity index (χ4n) is 3.82. The molecule has 1 fully saturated rings. The second-order valence-electron chi connectivity index (χ2n) is 6.76. The molecule has 2 aromatic rings. The summed E-state index contributed by atoms with van der Waals surface area (Å²) in [5.74, 6) is -0.935. The van der Waals surface area contributed by atoms with Gasteiger partial charge >= 0.3 is 0 Å². The van der Waals surface area contributed by atoms with Gasteiger partial charge in [-0.1, -0.05) is 36.4 Å². The number of imide groups is 1. The third kappa shape index (κ3) is 3.06. The molecule has 0 saturated carbocycles. The molecule has 1 unspecified atom stereocenters. The van der Waals surface area contributed by atoms with E-state index in [1.807, 2.05) is 18.2 Å². The first-order valence-corrected chi connectivity index (χ1v) is 8.85. The van der Waals surface area contributed by atoms with Gasteiger partial charge in [0.1, 0.15) is 5.82 Å². The van der Waals surface area contributed by atoms with Crippen LogP contribution in [0.25, 0.3) is 5.57 Å². The zero-order chi connectivity index (χ0) is 18.1. The molecule has 0 aliphatic carbocycles. The van der Waals surface area contributed by atoms with Crippen LogP contribution in [0.5, 0.6) is 0 Å². The number of rotatable bonds is 3. The molecule has 2 atom stereocenters. The van der Waals surface area contributed by atoms with Crippen LogP contribution in [0.3, 0.4) is 0 Å². The minimum absolute atomic E-state index is 0.180. The van der Waals surface area contributed by atoms with Crippen molar-refractivity contribution in [3.8, 4) is 0 Å². The van der Waals surface area contributed by atoms with Crippen LogP contribution in [-0.4, -0.2) is 30.9 Å². The van der Waals surface area contributed by atoms with Gasteiger partial charge in [-0.05, 0) is 35.4 Å². The van der Waals surface area contributed by atoms with Gasteiger partial charge in [0.25, 0.3) is 5.91 Å². The Morgan fingerprint density at radius 1 is 1.04 bits per heavy atom. The average molecular weight is 351 g/mol. The number of carbonyl (C=O) groups excluding carboxylic acids is 2. The van der Waals surface area contributed by atoms with Crippen molar-refractivity contribution in [3.63, 3.8) is 0 Å². The number of quaternary nitrogens is 1. The van der Waals surface area contributed by atoms with Gasteiger partial charge in [-0.15, -0.1) is 0 Å². The number of amides is 2. The first-order valence-electron chi connectivity index (χ1n) is 8.85. The smallest absolute Gasteiger partial charge is 0.292 e. The highest BCUT2D eigenvalue weighted by Crippen LogP contribution is 2.23. The van der Waals surface area contributed by atoms with Crippen LogP contribution in [0.2, 0.25) is 0 Å². The van der Waals surface area contributed by atoms with E-state index >= 15 is 0 Å². The van der Waals surface area contributed by atoms with Crippen LogP contribution in [0.4, 0.5) is 10.1 Å². The Labute approximate surface area is 151 Å². The highest BCUT2D eigenvalue weighted by atomic mass is 19.1. The van der Waals surface area contributed by atoms with Crippen LogP contribution in [0, 0.1) is 5.82 Å². The molecule has 1 N–H and O–H groups in total. The van der Waals surface area contributed by atoms with Crippen LogP contribution in [0.15, 0.2) is 60.7 Å². The number of halogens is 1. The lowest BCUT2D eigenvalue weighted by molar-refractivity contribution is -0.909. The van der Waals surface area contributed by atoms with Gasteiger partial charge in [-0.3, -0.25) is 9.59 Å². The second kappa shape index (κ2) is 6.84. The number of carbonyl (C=O) groups is 2. The Morgan fingerprint density at radius 3 is 2.54 bits per heavy atom. The molecule has 132 valence electrons.